The molecule has 9 heteroatoms. The maximum Gasteiger partial charge on any atom is 0.253 e. The van der Waals surface area contributed by atoms with Crippen LogP contribution in [-0.4, -0.2) is 40.8 Å². The number of aryl methyl sites for hydroxylation is 2. The lowest BCUT2D eigenvalue weighted by atomic mass is 10.3. The van der Waals surface area contributed by atoms with Crippen molar-refractivity contribution in [2.45, 2.75) is 31.3 Å². The van der Waals surface area contributed by atoms with Gasteiger partial charge in [-0.3, -0.25) is 0 Å². The predicted octanol–water partition coefficient (Wildman–Crippen LogP) is 3.03. The lowest BCUT2D eigenvalue weighted by Crippen LogP contribution is -2.06. The third-order valence-corrected chi connectivity index (χ3v) is 5.11. The van der Waals surface area contributed by atoms with Crippen LogP contribution in [0.5, 0.6) is 0 Å². The van der Waals surface area contributed by atoms with Crippen molar-refractivity contribution in [3.8, 4) is 0 Å². The number of benzene rings is 1. The molecule has 26 heavy (non-hydrogen) atoms. The van der Waals surface area contributed by atoms with E-state index in [0.717, 1.165) is 28.2 Å². The first-order valence-corrected chi connectivity index (χ1v) is 9.51. The lowest BCUT2D eigenvalue weighted by molar-refractivity contribution is 0.276. The van der Waals surface area contributed by atoms with Crippen LogP contribution in [0.1, 0.15) is 17.2 Å². The van der Waals surface area contributed by atoms with E-state index in [-0.39, 0.29) is 6.61 Å². The molecule has 0 spiro atoms. The molecule has 0 bridgehead atoms. The summed E-state index contributed by atoms with van der Waals surface area (Å²) in [6.07, 6.45) is 0. The molecule has 0 saturated heterocycles. The molecule has 0 saturated carbocycles. The van der Waals surface area contributed by atoms with Crippen molar-refractivity contribution in [1.29, 1.82) is 0 Å². The molecule has 0 radical (unpaired) electrons. The first-order chi connectivity index (χ1) is 12.5. The van der Waals surface area contributed by atoms with Crippen LogP contribution in [0.15, 0.2) is 29.4 Å². The summed E-state index contributed by atoms with van der Waals surface area (Å²) in [6.45, 7) is 4.42. The first kappa shape index (κ1) is 17.3. The van der Waals surface area contributed by atoms with Gasteiger partial charge in [0.2, 0.25) is 5.16 Å². The standard InChI is InChI=1S/C17H17ClN6OS/c1-10-7-11(2)24-16(19-10)21-17(22-24)26-9-15-20-13-4-3-12(18)8-14(13)23(15)5-6-25/h3-4,7-8,25H,5-6,9H2,1-2H3. The van der Waals surface area contributed by atoms with E-state index in [1.807, 2.05) is 42.7 Å². The highest BCUT2D eigenvalue weighted by Gasteiger charge is 2.14. The second-order valence-electron chi connectivity index (χ2n) is 5.97. The average molecular weight is 389 g/mol. The molecule has 0 fully saturated rings. The van der Waals surface area contributed by atoms with Crippen molar-refractivity contribution in [3.05, 3.63) is 46.5 Å². The Morgan fingerprint density at radius 2 is 2.00 bits per heavy atom. The van der Waals surface area contributed by atoms with Gasteiger partial charge in [-0.1, -0.05) is 23.4 Å². The average Bonchev–Trinajstić information content (AvgIpc) is 3.15. The van der Waals surface area contributed by atoms with Gasteiger partial charge in [0.25, 0.3) is 5.78 Å². The van der Waals surface area contributed by atoms with Gasteiger partial charge in [-0.05, 0) is 38.1 Å². The molecule has 134 valence electrons. The van der Waals surface area contributed by atoms with Crippen LogP contribution in [0.2, 0.25) is 5.02 Å². The zero-order valence-corrected chi connectivity index (χ0v) is 15.9. The minimum atomic E-state index is 0.0324. The Labute approximate surface area is 159 Å². The van der Waals surface area contributed by atoms with E-state index in [9.17, 15) is 5.11 Å². The second-order valence-corrected chi connectivity index (χ2v) is 7.35. The summed E-state index contributed by atoms with van der Waals surface area (Å²) in [4.78, 5) is 13.6. The van der Waals surface area contributed by atoms with Crippen LogP contribution in [0.4, 0.5) is 0 Å². The van der Waals surface area contributed by atoms with Gasteiger partial charge in [0, 0.05) is 23.0 Å². The fourth-order valence-electron chi connectivity index (χ4n) is 2.94. The molecular weight excluding hydrogens is 372 g/mol. The van der Waals surface area contributed by atoms with Crippen molar-refractivity contribution in [2.24, 2.45) is 0 Å². The highest BCUT2D eigenvalue weighted by Crippen LogP contribution is 2.25. The normalized spacial score (nSPS) is 11.7. The molecule has 3 heterocycles. The van der Waals surface area contributed by atoms with E-state index in [1.165, 1.54) is 11.8 Å². The number of aromatic nitrogens is 6. The number of hydrogen-bond acceptors (Lipinski definition) is 6. The first-order valence-electron chi connectivity index (χ1n) is 8.14. The highest BCUT2D eigenvalue weighted by molar-refractivity contribution is 7.98. The monoisotopic (exact) mass is 388 g/mol. The van der Waals surface area contributed by atoms with Gasteiger partial charge in [-0.2, -0.15) is 4.98 Å². The third-order valence-electron chi connectivity index (χ3n) is 4.04. The van der Waals surface area contributed by atoms with Crippen LogP contribution < -0.4 is 0 Å². The smallest absolute Gasteiger partial charge is 0.253 e. The Morgan fingerprint density at radius 1 is 1.15 bits per heavy atom. The topological polar surface area (TPSA) is 81.1 Å². The number of fused-ring (bicyclic) bond motifs is 2. The van der Waals surface area contributed by atoms with Crippen molar-refractivity contribution >= 4 is 40.2 Å². The van der Waals surface area contributed by atoms with Crippen molar-refractivity contribution in [2.75, 3.05) is 6.61 Å². The molecule has 0 aliphatic rings. The molecule has 7 nitrogen and oxygen atoms in total. The van der Waals surface area contributed by atoms with Gasteiger partial charge in [-0.15, -0.1) is 5.10 Å². The summed E-state index contributed by atoms with van der Waals surface area (Å²) in [7, 11) is 0. The number of thioether (sulfide) groups is 1. The molecule has 1 aromatic carbocycles. The van der Waals surface area contributed by atoms with Crippen LogP contribution in [-0.2, 0) is 12.3 Å². The number of nitrogens with zero attached hydrogens (tertiary/aromatic N) is 6. The molecule has 0 aliphatic heterocycles. The highest BCUT2D eigenvalue weighted by atomic mass is 35.5. The zero-order valence-electron chi connectivity index (χ0n) is 14.3. The largest absolute Gasteiger partial charge is 0.395 e. The third kappa shape index (κ3) is 3.15. The van der Waals surface area contributed by atoms with Gasteiger partial charge < -0.3 is 9.67 Å². The molecule has 3 aromatic heterocycles. The lowest BCUT2D eigenvalue weighted by Gasteiger charge is -2.06. The van der Waals surface area contributed by atoms with Crippen LogP contribution >= 0.6 is 23.4 Å². The van der Waals surface area contributed by atoms with E-state index in [4.69, 9.17) is 11.6 Å². The Bertz CT molecular complexity index is 1110. The Kier molecular flexibility index (Phi) is 4.56. The fourth-order valence-corrected chi connectivity index (χ4v) is 3.87. The minimum Gasteiger partial charge on any atom is -0.395 e. The number of aliphatic hydroxyl groups excluding tert-OH is 1. The van der Waals surface area contributed by atoms with Gasteiger partial charge in [-0.25, -0.2) is 14.5 Å². The summed E-state index contributed by atoms with van der Waals surface area (Å²) in [5.74, 6) is 2.03. The number of aliphatic hydroxyl groups is 1. The summed E-state index contributed by atoms with van der Waals surface area (Å²) in [5.41, 5.74) is 3.68. The number of rotatable bonds is 5. The predicted molar refractivity (Wildman–Crippen MR) is 102 cm³/mol. The molecule has 4 aromatic rings. The van der Waals surface area contributed by atoms with Gasteiger partial charge in [0.15, 0.2) is 0 Å². The molecular formula is C17H17ClN6OS. The van der Waals surface area contributed by atoms with E-state index in [0.29, 0.717) is 28.3 Å². The van der Waals surface area contributed by atoms with Crippen LogP contribution in [0.3, 0.4) is 0 Å². The summed E-state index contributed by atoms with van der Waals surface area (Å²) < 4.78 is 3.73. The maximum atomic E-state index is 9.40. The molecule has 1 N–H and O–H groups in total. The SMILES string of the molecule is Cc1cc(C)n2nc(SCc3nc4ccc(Cl)cc4n3CCO)nc2n1. The molecule has 4 rings (SSSR count). The minimum absolute atomic E-state index is 0.0324. The maximum absolute atomic E-state index is 9.40. The molecule has 0 aliphatic carbocycles. The van der Waals surface area contributed by atoms with Crippen molar-refractivity contribution in [1.82, 2.24) is 29.1 Å². The van der Waals surface area contributed by atoms with Gasteiger partial charge >= 0.3 is 0 Å². The van der Waals surface area contributed by atoms with E-state index < -0.39 is 0 Å². The Morgan fingerprint density at radius 3 is 2.81 bits per heavy atom. The zero-order chi connectivity index (χ0) is 18.3. The Balaban J connectivity index is 1.65. The van der Waals surface area contributed by atoms with Gasteiger partial charge in [0.1, 0.15) is 5.82 Å². The fraction of sp³-hybridized carbons (Fsp3) is 0.294. The number of halogens is 1. The quantitative estimate of drug-likeness (QED) is 0.529. The van der Waals surface area contributed by atoms with Gasteiger partial charge in [0.05, 0.1) is 23.4 Å². The van der Waals surface area contributed by atoms with E-state index in [1.54, 1.807) is 4.52 Å². The summed E-state index contributed by atoms with van der Waals surface area (Å²) in [6, 6.07) is 7.55. The van der Waals surface area contributed by atoms with E-state index in [2.05, 4.69) is 20.1 Å². The van der Waals surface area contributed by atoms with Crippen LogP contribution in [0, 0.1) is 13.8 Å². The number of imidazole rings is 1. The molecule has 0 amide bonds. The van der Waals surface area contributed by atoms with E-state index >= 15 is 0 Å². The number of hydrogen-bond donors (Lipinski definition) is 1. The van der Waals surface area contributed by atoms with Crippen LogP contribution in [0.25, 0.3) is 16.8 Å². The summed E-state index contributed by atoms with van der Waals surface area (Å²) >= 11 is 7.60. The van der Waals surface area contributed by atoms with Crippen molar-refractivity contribution < 1.29 is 5.11 Å². The summed E-state index contributed by atoms with van der Waals surface area (Å²) in [5, 5.41) is 15.2. The molecule has 0 atom stereocenters. The van der Waals surface area contributed by atoms with Crippen molar-refractivity contribution in [3.63, 3.8) is 0 Å². The Hall–Kier alpha value is -2.16. The second kappa shape index (κ2) is 6.86. The molecule has 0 unspecified atom stereocenters.